The minimum Gasteiger partial charge on any atom is -0.338 e. The van der Waals surface area contributed by atoms with Crippen molar-refractivity contribution in [1.82, 2.24) is 25.1 Å². The van der Waals surface area contributed by atoms with Crippen molar-refractivity contribution in [3.05, 3.63) is 71.8 Å². The van der Waals surface area contributed by atoms with Crippen LogP contribution in [-0.4, -0.2) is 62.9 Å². The molecule has 0 unspecified atom stereocenters. The van der Waals surface area contributed by atoms with Crippen molar-refractivity contribution in [2.75, 3.05) is 36.8 Å². The summed E-state index contributed by atoms with van der Waals surface area (Å²) in [5.74, 6) is 1.20. The van der Waals surface area contributed by atoms with Crippen LogP contribution >= 0.6 is 23.4 Å². The maximum absolute atomic E-state index is 12.9. The fourth-order valence-corrected chi connectivity index (χ4v) is 5.23. The lowest BCUT2D eigenvalue weighted by atomic mass is 10.1. The number of carbonyl (C=O) groups excluding carboxylic acids is 1. The molecule has 162 valence electrons. The summed E-state index contributed by atoms with van der Waals surface area (Å²) in [4.78, 5) is 17.9. The van der Waals surface area contributed by atoms with Crippen molar-refractivity contribution in [2.24, 2.45) is 0 Å². The molecule has 4 aromatic rings. The Balaban J connectivity index is 1.22. The molecule has 1 saturated heterocycles. The first-order chi connectivity index (χ1) is 15.7. The third kappa shape index (κ3) is 4.16. The smallest absolute Gasteiger partial charge is 0.250 e. The maximum Gasteiger partial charge on any atom is 0.250 e. The monoisotopic (exact) mass is 464 g/mol. The molecule has 5 rings (SSSR count). The van der Waals surface area contributed by atoms with Crippen LogP contribution in [0.2, 0.25) is 5.02 Å². The fraction of sp³-hybridized carbons (Fsp3) is 0.217. The quantitative estimate of drug-likeness (QED) is 0.417. The lowest BCUT2D eigenvalue weighted by molar-refractivity contribution is -0.128. The molecule has 0 aliphatic carbocycles. The number of nitrogens with zero attached hydrogens (tertiary/aromatic N) is 6. The van der Waals surface area contributed by atoms with Gasteiger partial charge in [0.2, 0.25) is 11.9 Å². The van der Waals surface area contributed by atoms with Gasteiger partial charge in [-0.3, -0.25) is 4.79 Å². The lowest BCUT2D eigenvalue weighted by Gasteiger charge is -2.34. The van der Waals surface area contributed by atoms with E-state index >= 15 is 0 Å². The summed E-state index contributed by atoms with van der Waals surface area (Å²) in [6.45, 7) is 2.64. The molecule has 1 fully saturated rings. The number of benzene rings is 3. The Hall–Kier alpha value is -3.10. The highest BCUT2D eigenvalue weighted by Crippen LogP contribution is 2.33. The summed E-state index contributed by atoms with van der Waals surface area (Å²) in [6, 6.07) is 21.7. The van der Waals surface area contributed by atoms with Crippen LogP contribution in [0.5, 0.6) is 0 Å². The Morgan fingerprint density at radius 1 is 0.938 bits per heavy atom. The summed E-state index contributed by atoms with van der Waals surface area (Å²) < 4.78 is 1.73. The number of hydrogen-bond donors (Lipinski definition) is 0. The zero-order chi connectivity index (χ0) is 21.9. The minimum absolute atomic E-state index is 0.126. The summed E-state index contributed by atoms with van der Waals surface area (Å²) in [6.07, 6.45) is 0. The molecule has 3 aromatic carbocycles. The van der Waals surface area contributed by atoms with E-state index in [4.69, 9.17) is 11.6 Å². The first kappa shape index (κ1) is 20.8. The van der Waals surface area contributed by atoms with Crippen molar-refractivity contribution in [3.63, 3.8) is 0 Å². The second kappa shape index (κ2) is 9.18. The Kier molecular flexibility index (Phi) is 5.96. The summed E-state index contributed by atoms with van der Waals surface area (Å²) >= 11 is 7.95. The molecule has 0 radical (unpaired) electrons. The second-order valence-electron chi connectivity index (χ2n) is 7.48. The molecule has 7 nitrogen and oxygen atoms in total. The van der Waals surface area contributed by atoms with Gasteiger partial charge < -0.3 is 9.80 Å². The Labute approximate surface area is 195 Å². The van der Waals surface area contributed by atoms with E-state index in [1.54, 1.807) is 4.68 Å². The van der Waals surface area contributed by atoms with Crippen LogP contribution in [0, 0.1) is 0 Å². The number of rotatable bonds is 5. The van der Waals surface area contributed by atoms with Gasteiger partial charge in [0.25, 0.3) is 0 Å². The van der Waals surface area contributed by atoms with Gasteiger partial charge in [0.15, 0.2) is 0 Å². The van der Waals surface area contributed by atoms with Crippen molar-refractivity contribution in [1.29, 1.82) is 0 Å². The molecule has 2 heterocycles. The van der Waals surface area contributed by atoms with Crippen molar-refractivity contribution in [3.8, 4) is 5.69 Å². The molecular formula is C23H21ClN6OS. The van der Waals surface area contributed by atoms with Gasteiger partial charge in [0.05, 0.1) is 11.4 Å². The predicted molar refractivity (Wildman–Crippen MR) is 128 cm³/mol. The number of amides is 1. The third-order valence-electron chi connectivity index (χ3n) is 5.54. The maximum atomic E-state index is 12.9. The lowest BCUT2D eigenvalue weighted by Crippen LogP contribution is -2.50. The fourth-order valence-electron chi connectivity index (χ4n) is 3.88. The highest BCUT2D eigenvalue weighted by molar-refractivity contribution is 8.00. The van der Waals surface area contributed by atoms with Gasteiger partial charge in [-0.2, -0.15) is 4.68 Å². The number of carbonyl (C=O) groups is 1. The van der Waals surface area contributed by atoms with Crippen LogP contribution in [0.4, 0.5) is 5.95 Å². The van der Waals surface area contributed by atoms with E-state index in [2.05, 4.69) is 20.4 Å². The number of fused-ring (bicyclic) bond motifs is 1. The zero-order valence-electron chi connectivity index (χ0n) is 17.3. The van der Waals surface area contributed by atoms with Gasteiger partial charge in [-0.1, -0.05) is 59.2 Å². The second-order valence-corrected chi connectivity index (χ2v) is 8.90. The molecule has 0 spiro atoms. The van der Waals surface area contributed by atoms with Crippen LogP contribution in [-0.2, 0) is 4.79 Å². The molecule has 1 aromatic heterocycles. The van der Waals surface area contributed by atoms with Gasteiger partial charge in [-0.05, 0) is 40.1 Å². The molecule has 1 aliphatic rings. The molecule has 1 aliphatic heterocycles. The minimum atomic E-state index is 0.126. The van der Waals surface area contributed by atoms with Crippen LogP contribution in [0.3, 0.4) is 0 Å². The summed E-state index contributed by atoms with van der Waals surface area (Å²) in [5, 5.41) is 15.0. The van der Waals surface area contributed by atoms with E-state index in [0.717, 1.165) is 21.4 Å². The van der Waals surface area contributed by atoms with Crippen molar-refractivity contribution in [2.45, 2.75) is 4.90 Å². The number of anilines is 1. The van der Waals surface area contributed by atoms with Crippen LogP contribution < -0.4 is 4.90 Å². The number of halogens is 1. The summed E-state index contributed by atoms with van der Waals surface area (Å²) in [7, 11) is 0. The van der Waals surface area contributed by atoms with Gasteiger partial charge in [0, 0.05) is 41.5 Å². The summed E-state index contributed by atoms with van der Waals surface area (Å²) in [5.41, 5.74) is 0.913. The molecule has 9 heteroatoms. The van der Waals surface area contributed by atoms with E-state index in [0.29, 0.717) is 42.9 Å². The van der Waals surface area contributed by atoms with Gasteiger partial charge in [0.1, 0.15) is 0 Å². The van der Waals surface area contributed by atoms with Crippen LogP contribution in [0.1, 0.15) is 0 Å². The van der Waals surface area contributed by atoms with E-state index in [9.17, 15) is 4.79 Å². The zero-order valence-corrected chi connectivity index (χ0v) is 18.8. The largest absolute Gasteiger partial charge is 0.338 e. The number of hydrogen-bond acceptors (Lipinski definition) is 6. The molecular weight excluding hydrogens is 444 g/mol. The van der Waals surface area contributed by atoms with Crippen LogP contribution in [0.25, 0.3) is 16.5 Å². The van der Waals surface area contributed by atoms with E-state index in [-0.39, 0.29) is 5.91 Å². The highest BCUT2D eigenvalue weighted by Gasteiger charge is 2.25. The molecule has 32 heavy (non-hydrogen) atoms. The van der Waals surface area contributed by atoms with E-state index < -0.39 is 0 Å². The first-order valence-corrected chi connectivity index (χ1v) is 11.7. The van der Waals surface area contributed by atoms with E-state index in [1.807, 2.05) is 71.6 Å². The van der Waals surface area contributed by atoms with E-state index in [1.165, 1.54) is 11.8 Å². The molecule has 1 amide bonds. The Bertz CT molecular complexity index is 1230. The average Bonchev–Trinajstić information content (AvgIpc) is 3.33. The van der Waals surface area contributed by atoms with Gasteiger partial charge in [-0.25, -0.2) is 0 Å². The predicted octanol–water partition coefficient (Wildman–Crippen LogP) is 3.91. The van der Waals surface area contributed by atoms with Crippen LogP contribution in [0.15, 0.2) is 71.6 Å². The number of aromatic nitrogens is 4. The van der Waals surface area contributed by atoms with Gasteiger partial charge >= 0.3 is 0 Å². The average molecular weight is 465 g/mol. The molecule has 0 saturated carbocycles. The van der Waals surface area contributed by atoms with Crippen molar-refractivity contribution >= 4 is 46.0 Å². The molecule has 0 bridgehead atoms. The Morgan fingerprint density at radius 3 is 2.47 bits per heavy atom. The number of piperazine rings is 1. The third-order valence-corrected chi connectivity index (χ3v) is 6.89. The van der Waals surface area contributed by atoms with Crippen molar-refractivity contribution < 1.29 is 4.79 Å². The SMILES string of the molecule is O=C(CSc1cccc2cccc(Cl)c12)N1CCN(c2nnnn2-c2ccccc2)CC1. The highest BCUT2D eigenvalue weighted by atomic mass is 35.5. The number of tetrazole rings is 1. The topological polar surface area (TPSA) is 67.2 Å². The normalized spacial score (nSPS) is 14.2. The molecule has 0 atom stereocenters. The first-order valence-electron chi connectivity index (χ1n) is 10.4. The Morgan fingerprint density at radius 2 is 1.69 bits per heavy atom. The molecule has 0 N–H and O–H groups in total. The number of thioether (sulfide) groups is 1. The standard InChI is InChI=1S/C23H21ClN6OS/c24-19-10-4-6-17-7-5-11-20(22(17)19)32-16-21(31)28-12-14-29(15-13-28)23-25-26-27-30(23)18-8-2-1-3-9-18/h1-11H,12-16H2. The number of para-hydroxylation sites is 1. The van der Waals surface area contributed by atoms with Gasteiger partial charge in [-0.15, -0.1) is 11.8 Å².